The molecule has 18 heavy (non-hydrogen) atoms. The van der Waals surface area contributed by atoms with Gasteiger partial charge in [-0.15, -0.1) is 12.6 Å². The smallest absolute Gasteiger partial charge is 0.252 e. The second-order valence-electron chi connectivity index (χ2n) is 4.40. The molecule has 0 atom stereocenters. The zero-order valence-electron chi connectivity index (χ0n) is 10.6. The van der Waals surface area contributed by atoms with Crippen molar-refractivity contribution in [2.45, 2.75) is 18.7 Å². The molecule has 4 nitrogen and oxygen atoms in total. The van der Waals surface area contributed by atoms with Gasteiger partial charge >= 0.3 is 0 Å². The molecule has 0 aliphatic carbocycles. The molecule has 0 spiro atoms. The molecule has 0 bridgehead atoms. The lowest BCUT2D eigenvalue weighted by Crippen LogP contribution is -2.38. The van der Waals surface area contributed by atoms with E-state index in [0.29, 0.717) is 22.9 Å². The third kappa shape index (κ3) is 4.79. The minimum atomic E-state index is -0.291. The summed E-state index contributed by atoms with van der Waals surface area (Å²) >= 11 is 4.19. The van der Waals surface area contributed by atoms with E-state index in [9.17, 15) is 9.59 Å². The molecule has 1 aromatic rings. The summed E-state index contributed by atoms with van der Waals surface area (Å²) in [5.41, 5.74) is 0.470. The van der Waals surface area contributed by atoms with Gasteiger partial charge in [-0.25, -0.2) is 0 Å². The van der Waals surface area contributed by atoms with Gasteiger partial charge in [0.25, 0.3) is 5.91 Å². The third-order valence-electron chi connectivity index (χ3n) is 2.27. The van der Waals surface area contributed by atoms with Crippen LogP contribution in [0.1, 0.15) is 24.2 Å². The molecule has 2 amide bonds. The number of rotatable bonds is 5. The van der Waals surface area contributed by atoms with E-state index < -0.39 is 0 Å². The number of thiol groups is 1. The van der Waals surface area contributed by atoms with Gasteiger partial charge in [0.15, 0.2) is 0 Å². The second kappa shape index (κ2) is 7.06. The lowest BCUT2D eigenvalue weighted by atomic mass is 10.2. The quantitative estimate of drug-likeness (QED) is 0.707. The molecule has 0 aromatic heterocycles. The van der Waals surface area contributed by atoms with Gasteiger partial charge in [0.05, 0.1) is 12.1 Å². The number of nitrogens with one attached hydrogen (secondary N) is 2. The summed E-state index contributed by atoms with van der Waals surface area (Å²) in [6, 6.07) is 6.96. The molecule has 2 N–H and O–H groups in total. The highest BCUT2D eigenvalue weighted by molar-refractivity contribution is 7.80. The Hall–Kier alpha value is -1.49. The van der Waals surface area contributed by atoms with Crippen LogP contribution in [0, 0.1) is 5.92 Å². The molecule has 1 aromatic carbocycles. The average Bonchev–Trinajstić information content (AvgIpc) is 2.34. The Kier molecular flexibility index (Phi) is 5.71. The van der Waals surface area contributed by atoms with Crippen LogP contribution in [0.5, 0.6) is 0 Å². The van der Waals surface area contributed by atoms with E-state index in [1.165, 1.54) is 0 Å². The first kappa shape index (κ1) is 14.6. The van der Waals surface area contributed by atoms with E-state index in [1.54, 1.807) is 24.3 Å². The second-order valence-corrected chi connectivity index (χ2v) is 4.88. The number of benzene rings is 1. The van der Waals surface area contributed by atoms with Crippen LogP contribution >= 0.6 is 12.6 Å². The molecular weight excluding hydrogens is 248 g/mol. The standard InChI is InChI=1S/C13H18N2O2S/c1-9(2)7-14-12(16)8-15-13(17)10-5-3-4-6-11(10)18/h3-6,9,18H,7-8H2,1-2H3,(H,14,16)(H,15,17). The Balaban J connectivity index is 2.42. The van der Waals surface area contributed by atoms with Crippen LogP contribution in [0.2, 0.25) is 0 Å². The van der Waals surface area contributed by atoms with Crippen LogP contribution in [0.25, 0.3) is 0 Å². The molecule has 98 valence electrons. The molecule has 0 saturated carbocycles. The maximum absolute atomic E-state index is 11.8. The van der Waals surface area contributed by atoms with Gasteiger partial charge in [0.1, 0.15) is 0 Å². The summed E-state index contributed by atoms with van der Waals surface area (Å²) in [5.74, 6) is -0.0863. The molecule has 0 aliphatic rings. The van der Waals surface area contributed by atoms with Crippen molar-refractivity contribution in [1.29, 1.82) is 0 Å². The average molecular weight is 266 g/mol. The number of carbonyl (C=O) groups is 2. The summed E-state index contributed by atoms with van der Waals surface area (Å²) in [4.78, 5) is 23.8. The highest BCUT2D eigenvalue weighted by Crippen LogP contribution is 2.12. The van der Waals surface area contributed by atoms with Crippen LogP contribution in [-0.4, -0.2) is 24.9 Å². The van der Waals surface area contributed by atoms with Crippen molar-refractivity contribution in [3.63, 3.8) is 0 Å². The predicted octanol–water partition coefficient (Wildman–Crippen LogP) is 1.48. The molecule has 5 heteroatoms. The Labute approximate surface area is 113 Å². The molecule has 0 heterocycles. The first-order chi connectivity index (χ1) is 8.50. The zero-order valence-corrected chi connectivity index (χ0v) is 11.5. The first-order valence-corrected chi connectivity index (χ1v) is 6.28. The van der Waals surface area contributed by atoms with Gasteiger partial charge in [-0.05, 0) is 18.1 Å². The summed E-state index contributed by atoms with van der Waals surface area (Å²) in [6.07, 6.45) is 0. The van der Waals surface area contributed by atoms with Crippen molar-refractivity contribution < 1.29 is 9.59 Å². The van der Waals surface area contributed by atoms with Gasteiger partial charge in [-0.1, -0.05) is 26.0 Å². The van der Waals surface area contributed by atoms with Gasteiger partial charge in [-0.3, -0.25) is 9.59 Å². The summed E-state index contributed by atoms with van der Waals surface area (Å²) in [7, 11) is 0. The Morgan fingerprint density at radius 3 is 2.50 bits per heavy atom. The molecular formula is C13H18N2O2S. The molecule has 0 unspecified atom stereocenters. The Bertz CT molecular complexity index is 433. The van der Waals surface area contributed by atoms with Crippen molar-refractivity contribution in [3.05, 3.63) is 29.8 Å². The number of carbonyl (C=O) groups excluding carboxylic acids is 2. The summed E-state index contributed by atoms with van der Waals surface area (Å²) in [5, 5.41) is 5.29. The highest BCUT2D eigenvalue weighted by atomic mass is 32.1. The third-order valence-corrected chi connectivity index (χ3v) is 2.66. The van der Waals surface area contributed by atoms with Crippen LogP contribution in [0.3, 0.4) is 0 Å². The highest BCUT2D eigenvalue weighted by Gasteiger charge is 2.10. The SMILES string of the molecule is CC(C)CNC(=O)CNC(=O)c1ccccc1S. The fourth-order valence-corrected chi connectivity index (χ4v) is 1.56. The monoisotopic (exact) mass is 266 g/mol. The van der Waals surface area contributed by atoms with E-state index in [2.05, 4.69) is 23.3 Å². The lowest BCUT2D eigenvalue weighted by Gasteiger charge is -2.09. The predicted molar refractivity (Wildman–Crippen MR) is 73.9 cm³/mol. The largest absolute Gasteiger partial charge is 0.354 e. The Morgan fingerprint density at radius 2 is 1.89 bits per heavy atom. The van der Waals surface area contributed by atoms with E-state index in [0.717, 1.165) is 0 Å². The van der Waals surface area contributed by atoms with Gasteiger partial charge in [0.2, 0.25) is 5.91 Å². The number of hydrogen-bond donors (Lipinski definition) is 3. The van der Waals surface area contributed by atoms with Gasteiger partial charge in [0, 0.05) is 11.4 Å². The van der Waals surface area contributed by atoms with E-state index in [1.807, 2.05) is 13.8 Å². The topological polar surface area (TPSA) is 58.2 Å². The minimum Gasteiger partial charge on any atom is -0.354 e. The molecule has 0 fully saturated rings. The van der Waals surface area contributed by atoms with Crippen LogP contribution in [-0.2, 0) is 4.79 Å². The van der Waals surface area contributed by atoms with Crippen molar-refractivity contribution >= 4 is 24.4 Å². The summed E-state index contributed by atoms with van der Waals surface area (Å²) < 4.78 is 0. The van der Waals surface area contributed by atoms with Crippen molar-refractivity contribution in [2.24, 2.45) is 5.92 Å². The van der Waals surface area contributed by atoms with Gasteiger partial charge in [-0.2, -0.15) is 0 Å². The molecule has 0 saturated heterocycles. The van der Waals surface area contributed by atoms with Crippen LogP contribution in [0.4, 0.5) is 0 Å². The normalized spacial score (nSPS) is 10.2. The first-order valence-electron chi connectivity index (χ1n) is 5.83. The van der Waals surface area contributed by atoms with Crippen molar-refractivity contribution in [2.75, 3.05) is 13.1 Å². The maximum Gasteiger partial charge on any atom is 0.252 e. The molecule has 0 aliphatic heterocycles. The van der Waals surface area contributed by atoms with Crippen molar-refractivity contribution in [1.82, 2.24) is 10.6 Å². The number of amides is 2. The van der Waals surface area contributed by atoms with Crippen molar-refractivity contribution in [3.8, 4) is 0 Å². The molecule has 0 radical (unpaired) electrons. The molecule has 1 rings (SSSR count). The van der Waals surface area contributed by atoms with E-state index >= 15 is 0 Å². The summed E-state index contributed by atoms with van der Waals surface area (Å²) in [6.45, 7) is 4.61. The minimum absolute atomic E-state index is 0.0202. The van der Waals surface area contributed by atoms with Crippen LogP contribution < -0.4 is 10.6 Å². The van der Waals surface area contributed by atoms with E-state index in [-0.39, 0.29) is 18.4 Å². The fraction of sp³-hybridized carbons (Fsp3) is 0.385. The maximum atomic E-state index is 11.8. The van der Waals surface area contributed by atoms with E-state index in [4.69, 9.17) is 0 Å². The zero-order chi connectivity index (χ0) is 13.5. The number of hydrogen-bond acceptors (Lipinski definition) is 3. The Morgan fingerprint density at radius 1 is 1.22 bits per heavy atom. The van der Waals surface area contributed by atoms with Gasteiger partial charge < -0.3 is 10.6 Å². The van der Waals surface area contributed by atoms with Crippen LogP contribution in [0.15, 0.2) is 29.2 Å². The fourth-order valence-electron chi connectivity index (χ4n) is 1.30. The lowest BCUT2D eigenvalue weighted by molar-refractivity contribution is -0.120.